The highest BCUT2D eigenvalue weighted by Crippen LogP contribution is 2.44. The second kappa shape index (κ2) is 4.99. The highest BCUT2D eigenvalue weighted by atomic mass is 32.2. The first-order valence-electron chi connectivity index (χ1n) is 5.96. The number of aliphatic hydroxyl groups is 1. The van der Waals surface area contributed by atoms with E-state index in [0.717, 1.165) is 12.8 Å². The number of rotatable bonds is 6. The van der Waals surface area contributed by atoms with E-state index < -0.39 is 10.0 Å². The van der Waals surface area contributed by atoms with Gasteiger partial charge in [0.25, 0.3) is 0 Å². The predicted octanol–water partition coefficient (Wildman–Crippen LogP) is 0.328. The molecular weight excluding hydrogens is 268 g/mol. The van der Waals surface area contributed by atoms with E-state index in [-0.39, 0.29) is 23.5 Å². The zero-order valence-corrected chi connectivity index (χ0v) is 11.5. The molecule has 1 aromatic rings. The molecule has 0 spiro atoms. The van der Waals surface area contributed by atoms with Crippen molar-refractivity contribution >= 4 is 15.7 Å². The molecule has 0 atom stereocenters. The van der Waals surface area contributed by atoms with Gasteiger partial charge in [-0.15, -0.1) is 0 Å². The summed E-state index contributed by atoms with van der Waals surface area (Å²) >= 11 is 0. The van der Waals surface area contributed by atoms with Gasteiger partial charge in [0.1, 0.15) is 5.75 Å². The molecule has 1 saturated carbocycles. The van der Waals surface area contributed by atoms with Crippen molar-refractivity contribution in [2.45, 2.75) is 17.7 Å². The van der Waals surface area contributed by atoms with Crippen molar-refractivity contribution < 1.29 is 18.3 Å². The van der Waals surface area contributed by atoms with Crippen LogP contribution < -0.4 is 15.2 Å². The summed E-state index contributed by atoms with van der Waals surface area (Å²) in [6, 6.07) is 4.31. The average molecular weight is 286 g/mol. The van der Waals surface area contributed by atoms with Gasteiger partial charge in [0.05, 0.1) is 17.7 Å². The van der Waals surface area contributed by atoms with Crippen molar-refractivity contribution in [3.63, 3.8) is 0 Å². The highest BCUT2D eigenvalue weighted by molar-refractivity contribution is 7.89. The summed E-state index contributed by atoms with van der Waals surface area (Å²) < 4.78 is 31.7. The minimum atomic E-state index is -3.61. The standard InChI is InChI=1S/C12H18N2O4S/c1-18-11-6-9(2-3-10(11)13)19(16,17)14-7-12(8-15)4-5-12/h2-3,6,14-15H,4-5,7-8,13H2,1H3. The minimum Gasteiger partial charge on any atom is -0.495 e. The van der Waals surface area contributed by atoms with Crippen LogP contribution in [0.1, 0.15) is 12.8 Å². The van der Waals surface area contributed by atoms with Gasteiger partial charge in [-0.3, -0.25) is 0 Å². The Labute approximate surface area is 112 Å². The Balaban J connectivity index is 2.15. The van der Waals surface area contributed by atoms with Gasteiger partial charge >= 0.3 is 0 Å². The molecule has 0 radical (unpaired) electrons. The van der Waals surface area contributed by atoms with Gasteiger partial charge in [-0.05, 0) is 25.0 Å². The van der Waals surface area contributed by atoms with Crippen LogP contribution in [0.2, 0.25) is 0 Å². The van der Waals surface area contributed by atoms with Crippen molar-refractivity contribution in [1.82, 2.24) is 4.72 Å². The fraction of sp³-hybridized carbons (Fsp3) is 0.500. The lowest BCUT2D eigenvalue weighted by Gasteiger charge is -2.14. The predicted molar refractivity (Wildman–Crippen MR) is 71.3 cm³/mol. The van der Waals surface area contributed by atoms with Crippen molar-refractivity contribution in [2.24, 2.45) is 5.41 Å². The van der Waals surface area contributed by atoms with E-state index in [1.54, 1.807) is 0 Å². The maximum absolute atomic E-state index is 12.1. The zero-order valence-electron chi connectivity index (χ0n) is 10.7. The van der Waals surface area contributed by atoms with Crippen molar-refractivity contribution in [3.8, 4) is 5.75 Å². The van der Waals surface area contributed by atoms with Gasteiger partial charge in [-0.2, -0.15) is 0 Å². The number of nitrogens with one attached hydrogen (secondary N) is 1. The lowest BCUT2D eigenvalue weighted by molar-refractivity contribution is 0.213. The summed E-state index contributed by atoms with van der Waals surface area (Å²) in [6.07, 6.45) is 1.69. The molecule has 2 rings (SSSR count). The minimum absolute atomic E-state index is 0.000574. The van der Waals surface area contributed by atoms with Crippen LogP contribution in [-0.2, 0) is 10.0 Å². The zero-order chi connectivity index (χ0) is 14.1. The van der Waals surface area contributed by atoms with Gasteiger partial charge in [-0.1, -0.05) is 0 Å². The number of methoxy groups -OCH3 is 1. The number of aliphatic hydroxyl groups excluding tert-OH is 1. The summed E-state index contributed by atoms with van der Waals surface area (Å²) in [6.45, 7) is 0.249. The van der Waals surface area contributed by atoms with Crippen molar-refractivity contribution in [2.75, 3.05) is 26.0 Å². The average Bonchev–Trinajstić information content (AvgIpc) is 3.17. The molecule has 0 heterocycles. The van der Waals surface area contributed by atoms with Crippen LogP contribution in [0.3, 0.4) is 0 Å². The number of nitrogen functional groups attached to an aromatic ring is 1. The normalized spacial score (nSPS) is 17.2. The molecule has 7 heteroatoms. The van der Waals surface area contributed by atoms with Crippen LogP contribution >= 0.6 is 0 Å². The van der Waals surface area contributed by atoms with Crippen LogP contribution in [0.5, 0.6) is 5.75 Å². The van der Waals surface area contributed by atoms with Crippen LogP contribution in [0.15, 0.2) is 23.1 Å². The number of benzene rings is 1. The number of anilines is 1. The van der Waals surface area contributed by atoms with Crippen molar-refractivity contribution in [3.05, 3.63) is 18.2 Å². The summed E-state index contributed by atoms with van der Waals surface area (Å²) in [4.78, 5) is 0.104. The number of ether oxygens (including phenoxy) is 1. The fourth-order valence-corrected chi connectivity index (χ4v) is 2.93. The molecule has 0 bridgehead atoms. The lowest BCUT2D eigenvalue weighted by atomic mass is 10.1. The largest absolute Gasteiger partial charge is 0.495 e. The SMILES string of the molecule is COc1cc(S(=O)(=O)NCC2(CO)CC2)ccc1N. The third-order valence-electron chi connectivity index (χ3n) is 3.44. The first kappa shape index (κ1) is 14.1. The maximum atomic E-state index is 12.1. The molecule has 0 aliphatic heterocycles. The molecular formula is C12H18N2O4S. The first-order chi connectivity index (χ1) is 8.92. The third kappa shape index (κ3) is 2.99. The number of hydrogen-bond acceptors (Lipinski definition) is 5. The van der Waals surface area contributed by atoms with Crippen LogP contribution in [0, 0.1) is 5.41 Å². The molecule has 19 heavy (non-hydrogen) atoms. The topological polar surface area (TPSA) is 102 Å². The second-order valence-corrected chi connectivity index (χ2v) is 6.65. The Hall–Kier alpha value is -1.31. The monoisotopic (exact) mass is 286 g/mol. The summed E-state index contributed by atoms with van der Waals surface area (Å²) in [5.74, 6) is 0.325. The third-order valence-corrected chi connectivity index (χ3v) is 4.84. The van der Waals surface area contributed by atoms with Crippen LogP contribution in [0.25, 0.3) is 0 Å². The molecule has 1 aliphatic rings. The fourth-order valence-electron chi connectivity index (χ4n) is 1.76. The summed E-state index contributed by atoms with van der Waals surface area (Å²) in [5.41, 5.74) is 5.76. The Morgan fingerprint density at radius 3 is 2.68 bits per heavy atom. The second-order valence-electron chi connectivity index (χ2n) is 4.89. The Bertz CT molecular complexity index is 567. The van der Waals surface area contributed by atoms with Crippen LogP contribution in [-0.4, -0.2) is 33.8 Å². The summed E-state index contributed by atoms with van der Waals surface area (Å²) in [7, 11) is -2.18. The van der Waals surface area contributed by atoms with E-state index in [4.69, 9.17) is 10.5 Å². The van der Waals surface area contributed by atoms with Gasteiger partial charge < -0.3 is 15.6 Å². The van der Waals surface area contributed by atoms with Gasteiger partial charge in [0.15, 0.2) is 0 Å². The summed E-state index contributed by atoms with van der Waals surface area (Å²) in [5, 5.41) is 9.17. The van der Waals surface area contributed by atoms with E-state index in [1.165, 1.54) is 25.3 Å². The Morgan fingerprint density at radius 1 is 1.47 bits per heavy atom. The lowest BCUT2D eigenvalue weighted by Crippen LogP contribution is -2.31. The molecule has 106 valence electrons. The van der Waals surface area contributed by atoms with E-state index in [1.807, 2.05) is 0 Å². The highest BCUT2D eigenvalue weighted by Gasteiger charge is 2.42. The molecule has 0 aromatic heterocycles. The Morgan fingerprint density at radius 2 is 2.16 bits per heavy atom. The molecule has 0 unspecified atom stereocenters. The number of hydrogen-bond donors (Lipinski definition) is 3. The molecule has 0 amide bonds. The number of sulfonamides is 1. The quantitative estimate of drug-likeness (QED) is 0.654. The van der Waals surface area contributed by atoms with E-state index in [9.17, 15) is 13.5 Å². The van der Waals surface area contributed by atoms with E-state index >= 15 is 0 Å². The molecule has 1 aromatic carbocycles. The molecule has 1 aliphatic carbocycles. The van der Waals surface area contributed by atoms with Gasteiger partial charge in [0.2, 0.25) is 10.0 Å². The van der Waals surface area contributed by atoms with Gasteiger partial charge in [-0.25, -0.2) is 13.1 Å². The smallest absolute Gasteiger partial charge is 0.240 e. The number of nitrogens with two attached hydrogens (primary N) is 1. The Kier molecular flexibility index (Phi) is 3.71. The molecule has 0 saturated heterocycles. The van der Waals surface area contributed by atoms with E-state index in [0.29, 0.717) is 11.4 Å². The van der Waals surface area contributed by atoms with Crippen LogP contribution in [0.4, 0.5) is 5.69 Å². The molecule has 6 nitrogen and oxygen atoms in total. The molecule has 4 N–H and O–H groups in total. The van der Waals surface area contributed by atoms with E-state index in [2.05, 4.69) is 4.72 Å². The maximum Gasteiger partial charge on any atom is 0.240 e. The van der Waals surface area contributed by atoms with Gasteiger partial charge in [0, 0.05) is 24.6 Å². The van der Waals surface area contributed by atoms with Crippen molar-refractivity contribution in [1.29, 1.82) is 0 Å². The first-order valence-corrected chi connectivity index (χ1v) is 7.45. The molecule has 1 fully saturated rings.